The number of hydrogen-bond acceptors (Lipinski definition) is 4. The van der Waals surface area contributed by atoms with Crippen LogP contribution in [0.1, 0.15) is 25.7 Å². The van der Waals surface area contributed by atoms with Crippen molar-refractivity contribution in [3.05, 3.63) is 0 Å². The summed E-state index contributed by atoms with van der Waals surface area (Å²) in [5.41, 5.74) is 0. The van der Waals surface area contributed by atoms with E-state index in [1.165, 1.54) is 7.11 Å². The number of nitrogens with zero attached hydrogens (tertiary/aromatic N) is 1. The molecule has 1 aliphatic carbocycles. The maximum atomic E-state index is 11.4. The van der Waals surface area contributed by atoms with Crippen LogP contribution in [0, 0.1) is 5.92 Å². The minimum absolute atomic E-state index is 0.0138. The number of ether oxygens (including phenoxy) is 2. The topological polar surface area (TPSA) is 55.8 Å². The number of methoxy groups -OCH3 is 1. The Morgan fingerprint density at radius 3 is 2.56 bits per heavy atom. The Bertz CT molecular complexity index is 284. The first-order valence-electron chi connectivity index (χ1n) is 5.73. The molecule has 1 aliphatic heterocycles. The minimum atomic E-state index is -0.207. The van der Waals surface area contributed by atoms with E-state index >= 15 is 0 Å². The Morgan fingerprint density at radius 2 is 2.06 bits per heavy atom. The molecule has 5 heteroatoms. The van der Waals surface area contributed by atoms with Crippen LogP contribution in [0.15, 0.2) is 0 Å². The van der Waals surface area contributed by atoms with Gasteiger partial charge in [-0.25, -0.2) is 4.79 Å². The van der Waals surface area contributed by atoms with Crippen molar-refractivity contribution in [3.8, 4) is 0 Å². The molecular weight excluding hydrogens is 210 g/mol. The molecule has 0 aromatic rings. The van der Waals surface area contributed by atoms with Crippen LogP contribution in [-0.4, -0.2) is 43.3 Å². The van der Waals surface area contributed by atoms with Crippen molar-refractivity contribution in [2.24, 2.45) is 5.92 Å². The summed E-state index contributed by atoms with van der Waals surface area (Å²) in [4.78, 5) is 24.5. The van der Waals surface area contributed by atoms with E-state index in [4.69, 9.17) is 9.47 Å². The van der Waals surface area contributed by atoms with Crippen LogP contribution in [0.25, 0.3) is 0 Å². The molecule has 2 rings (SSSR count). The van der Waals surface area contributed by atoms with Crippen molar-refractivity contribution in [3.63, 3.8) is 0 Å². The summed E-state index contributed by atoms with van der Waals surface area (Å²) in [7, 11) is 1.42. The number of carbonyl (C=O) groups excluding carboxylic acids is 2. The van der Waals surface area contributed by atoms with Gasteiger partial charge in [-0.3, -0.25) is 4.79 Å². The highest BCUT2D eigenvalue weighted by molar-refractivity contribution is 5.72. The molecule has 0 bridgehead atoms. The van der Waals surface area contributed by atoms with E-state index < -0.39 is 0 Å². The molecule has 1 saturated carbocycles. The van der Waals surface area contributed by atoms with Crippen LogP contribution < -0.4 is 0 Å². The third kappa shape index (κ3) is 2.13. The SMILES string of the molecule is COC(=O)[C@H]1CC[C@H](N2CCOC2=O)CC1. The molecule has 0 atom stereocenters. The van der Waals surface area contributed by atoms with E-state index in [0.717, 1.165) is 25.7 Å². The Labute approximate surface area is 94.7 Å². The van der Waals surface area contributed by atoms with Crippen molar-refractivity contribution in [2.75, 3.05) is 20.3 Å². The molecule has 90 valence electrons. The standard InChI is InChI=1S/C11H17NO4/c1-15-10(13)8-2-4-9(5-3-8)12-6-7-16-11(12)14/h8-9H,2-7H2,1H3/t8-,9-. The van der Waals surface area contributed by atoms with Crippen molar-refractivity contribution < 1.29 is 19.1 Å². The Morgan fingerprint density at radius 1 is 1.38 bits per heavy atom. The highest BCUT2D eigenvalue weighted by atomic mass is 16.6. The number of amides is 1. The van der Waals surface area contributed by atoms with Crippen LogP contribution >= 0.6 is 0 Å². The first kappa shape index (κ1) is 11.2. The number of hydrogen-bond donors (Lipinski definition) is 0. The number of esters is 1. The summed E-state index contributed by atoms with van der Waals surface area (Å²) < 4.78 is 9.64. The van der Waals surface area contributed by atoms with Gasteiger partial charge in [0.25, 0.3) is 0 Å². The molecule has 2 fully saturated rings. The van der Waals surface area contributed by atoms with Gasteiger partial charge in [0.2, 0.25) is 0 Å². The molecule has 0 unspecified atom stereocenters. The third-order valence-electron chi connectivity index (χ3n) is 3.46. The van der Waals surface area contributed by atoms with Gasteiger partial charge in [-0.15, -0.1) is 0 Å². The molecule has 2 aliphatic rings. The van der Waals surface area contributed by atoms with Gasteiger partial charge in [0, 0.05) is 6.04 Å². The number of rotatable bonds is 2. The first-order chi connectivity index (χ1) is 7.72. The zero-order valence-electron chi connectivity index (χ0n) is 9.48. The molecule has 1 saturated heterocycles. The lowest BCUT2D eigenvalue weighted by molar-refractivity contribution is -0.146. The fourth-order valence-electron chi connectivity index (χ4n) is 2.53. The predicted octanol–water partition coefficient (Wildman–Crippen LogP) is 1.17. The maximum absolute atomic E-state index is 11.4. The van der Waals surface area contributed by atoms with Gasteiger partial charge in [-0.2, -0.15) is 0 Å². The molecule has 5 nitrogen and oxygen atoms in total. The van der Waals surface area contributed by atoms with Crippen molar-refractivity contribution in [2.45, 2.75) is 31.7 Å². The molecular formula is C11H17NO4. The number of carbonyl (C=O) groups is 2. The Balaban J connectivity index is 1.85. The molecule has 0 radical (unpaired) electrons. The summed E-state index contributed by atoms with van der Waals surface area (Å²) in [5, 5.41) is 0. The quantitative estimate of drug-likeness (QED) is 0.664. The number of cyclic esters (lactones) is 1. The van der Waals surface area contributed by atoms with E-state index in [-0.39, 0.29) is 24.0 Å². The van der Waals surface area contributed by atoms with Crippen molar-refractivity contribution in [1.29, 1.82) is 0 Å². The van der Waals surface area contributed by atoms with Crippen molar-refractivity contribution >= 4 is 12.1 Å². The normalized spacial score (nSPS) is 30.1. The highest BCUT2D eigenvalue weighted by Gasteiger charge is 2.34. The van der Waals surface area contributed by atoms with E-state index in [2.05, 4.69) is 0 Å². The molecule has 1 heterocycles. The van der Waals surface area contributed by atoms with E-state index in [9.17, 15) is 9.59 Å². The van der Waals surface area contributed by atoms with E-state index in [1.54, 1.807) is 4.90 Å². The molecule has 0 spiro atoms. The van der Waals surface area contributed by atoms with Gasteiger partial charge >= 0.3 is 12.1 Å². The third-order valence-corrected chi connectivity index (χ3v) is 3.46. The van der Waals surface area contributed by atoms with Gasteiger partial charge in [0.05, 0.1) is 19.6 Å². The smallest absolute Gasteiger partial charge is 0.410 e. The first-order valence-corrected chi connectivity index (χ1v) is 5.73. The lowest BCUT2D eigenvalue weighted by Gasteiger charge is -2.31. The van der Waals surface area contributed by atoms with Crippen LogP contribution in [0.5, 0.6) is 0 Å². The summed E-state index contributed by atoms with van der Waals surface area (Å²) in [5.74, 6) is -0.109. The summed E-state index contributed by atoms with van der Waals surface area (Å²) in [6.07, 6.45) is 3.15. The summed E-state index contributed by atoms with van der Waals surface area (Å²) in [6, 6.07) is 0.246. The Kier molecular flexibility index (Phi) is 3.31. The fraction of sp³-hybridized carbons (Fsp3) is 0.818. The minimum Gasteiger partial charge on any atom is -0.469 e. The lowest BCUT2D eigenvalue weighted by atomic mass is 9.85. The fourth-order valence-corrected chi connectivity index (χ4v) is 2.53. The predicted molar refractivity (Wildman–Crippen MR) is 55.8 cm³/mol. The molecule has 0 aromatic carbocycles. The highest BCUT2D eigenvalue weighted by Crippen LogP contribution is 2.29. The molecule has 0 aromatic heterocycles. The van der Waals surface area contributed by atoms with Gasteiger partial charge in [-0.05, 0) is 25.7 Å². The van der Waals surface area contributed by atoms with Gasteiger partial charge in [-0.1, -0.05) is 0 Å². The molecule has 0 N–H and O–H groups in total. The zero-order valence-corrected chi connectivity index (χ0v) is 9.48. The summed E-state index contributed by atoms with van der Waals surface area (Å²) in [6.45, 7) is 1.18. The van der Waals surface area contributed by atoms with Crippen molar-refractivity contribution in [1.82, 2.24) is 4.90 Å². The van der Waals surface area contributed by atoms with E-state index in [0.29, 0.717) is 13.2 Å². The molecule has 1 amide bonds. The lowest BCUT2D eigenvalue weighted by Crippen LogP contribution is -2.39. The second-order valence-electron chi connectivity index (χ2n) is 4.34. The monoisotopic (exact) mass is 227 g/mol. The van der Waals surface area contributed by atoms with Crippen LogP contribution in [-0.2, 0) is 14.3 Å². The van der Waals surface area contributed by atoms with Crippen LogP contribution in [0.4, 0.5) is 4.79 Å². The second-order valence-corrected chi connectivity index (χ2v) is 4.34. The zero-order chi connectivity index (χ0) is 11.5. The van der Waals surface area contributed by atoms with Crippen LogP contribution in [0.3, 0.4) is 0 Å². The van der Waals surface area contributed by atoms with Gasteiger partial charge in [0.1, 0.15) is 6.61 Å². The van der Waals surface area contributed by atoms with Gasteiger partial charge < -0.3 is 14.4 Å². The van der Waals surface area contributed by atoms with E-state index in [1.807, 2.05) is 0 Å². The Hall–Kier alpha value is -1.26. The van der Waals surface area contributed by atoms with Crippen LogP contribution in [0.2, 0.25) is 0 Å². The largest absolute Gasteiger partial charge is 0.469 e. The average Bonchev–Trinajstić information content (AvgIpc) is 2.75. The maximum Gasteiger partial charge on any atom is 0.410 e. The average molecular weight is 227 g/mol. The van der Waals surface area contributed by atoms with Gasteiger partial charge in [0.15, 0.2) is 0 Å². The second kappa shape index (κ2) is 4.72. The summed E-state index contributed by atoms with van der Waals surface area (Å²) >= 11 is 0. The molecule has 16 heavy (non-hydrogen) atoms.